The van der Waals surface area contributed by atoms with E-state index in [1.165, 1.54) is 0 Å². The van der Waals surface area contributed by atoms with E-state index in [1.54, 1.807) is 0 Å². The van der Waals surface area contributed by atoms with Gasteiger partial charge in [-0.25, -0.2) is 31.6 Å². The fourth-order valence-corrected chi connectivity index (χ4v) is 0. The van der Waals surface area contributed by atoms with E-state index >= 15 is 0 Å². The van der Waals surface area contributed by atoms with Gasteiger partial charge in [0.15, 0.2) is 0 Å². The molecule has 0 N–H and O–H groups in total. The molecule has 0 saturated carbocycles. The summed E-state index contributed by atoms with van der Waals surface area (Å²) in [6, 6.07) is 0. The largest absolute Gasteiger partial charge is 2.00 e. The molecule has 0 spiro atoms. The third-order valence-electron chi connectivity index (χ3n) is 0. The Labute approximate surface area is 103 Å². The maximum atomic E-state index is 6.50. The molecule has 15 heavy (non-hydrogen) atoms. The summed E-state index contributed by atoms with van der Waals surface area (Å²) in [5.74, 6) is 0. The number of nitrogens with zero attached hydrogens (tertiary/aromatic N) is 6. The van der Waals surface area contributed by atoms with Gasteiger partial charge in [0.1, 0.15) is 0 Å². The number of rotatable bonds is 0. The molecule has 0 rings (SSSR count). The van der Waals surface area contributed by atoms with Crippen LogP contribution >= 0.6 is 0 Å². The molecule has 0 aliphatic rings. The Morgan fingerprint density at radius 1 is 0.333 bits per heavy atom. The standard InChI is InChI=1S/6CHN.2CH3.Fe/c6*1-2;;;/h6*1H;2*1H3;/q;;;;;;2*-1;+2. The quantitative estimate of drug-likeness (QED) is 0.471. The summed E-state index contributed by atoms with van der Waals surface area (Å²) in [6.07, 6.45) is 0. The van der Waals surface area contributed by atoms with Crippen LogP contribution in [-0.2, 0) is 17.1 Å². The van der Waals surface area contributed by atoms with Crippen molar-refractivity contribution in [3.05, 3.63) is 14.9 Å². The normalized spacial score (nSPS) is 0.800. The molecule has 6 nitrogen and oxygen atoms in total. The Morgan fingerprint density at radius 2 is 0.333 bits per heavy atom. The van der Waals surface area contributed by atoms with Gasteiger partial charge in [-0.3, -0.25) is 0 Å². The smallest absolute Gasteiger partial charge is 0.358 e. The zero-order chi connectivity index (χ0) is 12.0. The molecule has 0 aromatic rings. The molecule has 0 aliphatic heterocycles. The van der Waals surface area contributed by atoms with Crippen LogP contribution < -0.4 is 0 Å². The summed E-state index contributed by atoms with van der Waals surface area (Å²) in [5.41, 5.74) is 0. The second-order valence-corrected chi connectivity index (χ2v) is 0. The first-order valence-electron chi connectivity index (χ1n) is 1.55. The SMILES string of the molecule is C#N.C#N.C#N.C#N.C#N.C#N.[CH3-].[CH3-].[Fe+2]. The zero-order valence-electron chi connectivity index (χ0n) is 8.50. The Balaban J connectivity index is -0.00000000396. The van der Waals surface area contributed by atoms with Crippen LogP contribution in [0, 0.1) is 85.9 Å². The molecule has 0 aromatic heterocycles. The Kier molecular flexibility index (Phi) is 1770. The Hall–Kier alpha value is -2.54. The monoisotopic (exact) mass is 248 g/mol. The van der Waals surface area contributed by atoms with Gasteiger partial charge in [0.25, 0.3) is 0 Å². The van der Waals surface area contributed by atoms with Crippen molar-refractivity contribution in [3.8, 4) is 39.4 Å². The van der Waals surface area contributed by atoms with Crippen molar-refractivity contribution in [2.24, 2.45) is 0 Å². The first-order valence-corrected chi connectivity index (χ1v) is 1.55. The molecule has 0 atom stereocenters. The van der Waals surface area contributed by atoms with Crippen LogP contribution in [0.3, 0.4) is 0 Å². The third-order valence-corrected chi connectivity index (χ3v) is 0. The molecule has 7 heteroatoms. The third kappa shape index (κ3) is 159. The Bertz CT molecular complexity index is 94.2. The minimum absolute atomic E-state index is 0. The van der Waals surface area contributed by atoms with Crippen LogP contribution in [-0.4, -0.2) is 0 Å². The van der Waals surface area contributed by atoms with Crippen molar-refractivity contribution in [2.75, 3.05) is 0 Å². The molecular weight excluding hydrogens is 236 g/mol. The number of hydrogen-bond donors (Lipinski definition) is 0. The second kappa shape index (κ2) is 194. The summed E-state index contributed by atoms with van der Waals surface area (Å²) >= 11 is 0. The van der Waals surface area contributed by atoms with Crippen molar-refractivity contribution in [2.45, 2.75) is 0 Å². The molecule has 0 heterocycles. The molecule has 0 bridgehead atoms. The van der Waals surface area contributed by atoms with E-state index in [2.05, 4.69) is 39.4 Å². The molecule has 0 fully saturated rings. The van der Waals surface area contributed by atoms with Crippen molar-refractivity contribution >= 4 is 0 Å². The van der Waals surface area contributed by atoms with Crippen molar-refractivity contribution in [1.29, 1.82) is 31.6 Å². The number of nitriles is 6. The van der Waals surface area contributed by atoms with Crippen LogP contribution in [0.4, 0.5) is 0 Å². The first kappa shape index (κ1) is 137. The molecule has 0 radical (unpaired) electrons. The van der Waals surface area contributed by atoms with Crippen LogP contribution in [0.2, 0.25) is 0 Å². The van der Waals surface area contributed by atoms with Gasteiger partial charge in [-0.15, -0.1) is 0 Å². The predicted octanol–water partition coefficient (Wildman–Crippen LogP) is 1.74. The predicted molar refractivity (Wildman–Crippen MR) is 52.8 cm³/mol. The van der Waals surface area contributed by atoms with E-state index in [0.29, 0.717) is 0 Å². The first-order chi connectivity index (χ1) is 6.00. The van der Waals surface area contributed by atoms with E-state index in [1.807, 2.05) is 0 Å². The molecule has 0 aliphatic carbocycles. The van der Waals surface area contributed by atoms with Gasteiger partial charge in [0, 0.05) is 39.4 Å². The molecule has 0 amide bonds. The second-order valence-electron chi connectivity index (χ2n) is 0. The topological polar surface area (TPSA) is 143 Å². The molecule has 0 saturated heterocycles. The van der Waals surface area contributed by atoms with Gasteiger partial charge in [0.05, 0.1) is 0 Å². The Morgan fingerprint density at radius 3 is 0.333 bits per heavy atom. The zero-order valence-corrected chi connectivity index (χ0v) is 9.61. The van der Waals surface area contributed by atoms with Crippen LogP contribution in [0.15, 0.2) is 0 Å². The molecule has 0 unspecified atom stereocenters. The van der Waals surface area contributed by atoms with Crippen LogP contribution in [0.5, 0.6) is 0 Å². The fourth-order valence-electron chi connectivity index (χ4n) is 0. The number of hydrogen-bond acceptors (Lipinski definition) is 6. The van der Waals surface area contributed by atoms with Gasteiger partial charge in [-0.1, -0.05) is 0 Å². The van der Waals surface area contributed by atoms with Crippen molar-refractivity contribution in [3.63, 3.8) is 0 Å². The summed E-state index contributed by atoms with van der Waals surface area (Å²) < 4.78 is 0. The fraction of sp³-hybridized carbons (Fsp3) is 0. The van der Waals surface area contributed by atoms with Crippen LogP contribution in [0.25, 0.3) is 0 Å². The van der Waals surface area contributed by atoms with Gasteiger partial charge >= 0.3 is 17.1 Å². The average molecular weight is 248 g/mol. The maximum absolute atomic E-state index is 6.50. The van der Waals surface area contributed by atoms with E-state index in [-0.39, 0.29) is 31.9 Å². The van der Waals surface area contributed by atoms with Gasteiger partial charge < -0.3 is 14.9 Å². The summed E-state index contributed by atoms with van der Waals surface area (Å²) in [4.78, 5) is 0. The van der Waals surface area contributed by atoms with E-state index in [0.717, 1.165) is 0 Å². The summed E-state index contributed by atoms with van der Waals surface area (Å²) in [6.45, 7) is 21.0. The maximum Gasteiger partial charge on any atom is 2.00 e. The molecule has 82 valence electrons. The summed E-state index contributed by atoms with van der Waals surface area (Å²) in [7, 11) is 0. The van der Waals surface area contributed by atoms with Gasteiger partial charge in [-0.2, -0.15) is 0 Å². The minimum Gasteiger partial charge on any atom is -0.358 e. The van der Waals surface area contributed by atoms with Gasteiger partial charge in [-0.05, 0) is 0 Å². The van der Waals surface area contributed by atoms with E-state index in [4.69, 9.17) is 31.6 Å². The summed E-state index contributed by atoms with van der Waals surface area (Å²) in [5, 5.41) is 39.0. The minimum atomic E-state index is 0. The molecular formula is C8H12FeN6. The average Bonchev–Trinajstić information content (AvgIpc) is 2.33. The van der Waals surface area contributed by atoms with Crippen LogP contribution in [0.1, 0.15) is 0 Å². The van der Waals surface area contributed by atoms with E-state index < -0.39 is 0 Å². The van der Waals surface area contributed by atoms with Crippen molar-refractivity contribution < 1.29 is 17.1 Å². The van der Waals surface area contributed by atoms with Gasteiger partial charge in [0.2, 0.25) is 0 Å². The molecule has 0 aromatic carbocycles. The van der Waals surface area contributed by atoms with Crippen molar-refractivity contribution in [1.82, 2.24) is 0 Å². The van der Waals surface area contributed by atoms with E-state index in [9.17, 15) is 0 Å².